The third-order valence-electron chi connectivity index (χ3n) is 3.30. The monoisotopic (exact) mass is 295 g/mol. The molecule has 20 heavy (non-hydrogen) atoms. The first kappa shape index (κ1) is 15.0. The molecule has 0 bridgehead atoms. The second-order valence-corrected chi connectivity index (χ2v) is 7.53. The molecule has 110 valence electrons. The molecule has 1 heterocycles. The highest BCUT2D eigenvalue weighted by Crippen LogP contribution is 2.16. The third-order valence-corrected chi connectivity index (χ3v) is 5.18. The molecule has 1 aromatic carbocycles. The van der Waals surface area contributed by atoms with E-state index in [4.69, 9.17) is 0 Å². The summed E-state index contributed by atoms with van der Waals surface area (Å²) >= 11 is 0. The van der Waals surface area contributed by atoms with Crippen molar-refractivity contribution in [1.82, 2.24) is 15.3 Å². The maximum absolute atomic E-state index is 11.6. The zero-order valence-electron chi connectivity index (χ0n) is 12.1. The van der Waals surface area contributed by atoms with Crippen molar-refractivity contribution in [2.45, 2.75) is 32.9 Å². The Morgan fingerprint density at radius 1 is 1.30 bits per heavy atom. The van der Waals surface area contributed by atoms with E-state index in [-0.39, 0.29) is 23.6 Å². The number of nitrogens with zero attached hydrogens (tertiary/aromatic N) is 1. The number of nitrogens with one attached hydrogen (secondary N) is 2. The summed E-state index contributed by atoms with van der Waals surface area (Å²) in [6, 6.07) is 7.70. The largest absolute Gasteiger partial charge is 0.341 e. The van der Waals surface area contributed by atoms with Crippen LogP contribution in [0.1, 0.15) is 32.6 Å². The zero-order valence-corrected chi connectivity index (χ0v) is 12.9. The van der Waals surface area contributed by atoms with E-state index in [9.17, 15) is 8.42 Å². The predicted octanol–water partition coefficient (Wildman–Crippen LogP) is 2.04. The standard InChI is InChI=1S/C14H21N3O2S/c1-4-20(18,19)9-10(2)15-11(3)14-16-12-7-5-6-8-13(12)17-14/h5-8,10-11,15H,4,9H2,1-3H3,(H,16,17). The van der Waals surface area contributed by atoms with Gasteiger partial charge in [0.2, 0.25) is 0 Å². The van der Waals surface area contributed by atoms with Gasteiger partial charge in [-0.2, -0.15) is 0 Å². The maximum atomic E-state index is 11.6. The van der Waals surface area contributed by atoms with Gasteiger partial charge in [0.15, 0.2) is 9.84 Å². The fourth-order valence-electron chi connectivity index (χ4n) is 2.23. The lowest BCUT2D eigenvalue weighted by Crippen LogP contribution is -2.35. The third kappa shape index (κ3) is 3.58. The molecule has 2 unspecified atom stereocenters. The molecule has 0 aliphatic carbocycles. The van der Waals surface area contributed by atoms with Crippen molar-refractivity contribution >= 4 is 20.9 Å². The molecule has 1 aromatic heterocycles. The molecule has 0 spiro atoms. The second-order valence-electron chi connectivity index (χ2n) is 5.13. The molecule has 0 radical (unpaired) electrons. The number of rotatable bonds is 6. The van der Waals surface area contributed by atoms with Crippen LogP contribution < -0.4 is 5.32 Å². The molecular weight excluding hydrogens is 274 g/mol. The minimum absolute atomic E-state index is 0.0237. The van der Waals surface area contributed by atoms with Gasteiger partial charge in [-0.05, 0) is 26.0 Å². The first-order valence-electron chi connectivity index (χ1n) is 6.82. The molecular formula is C14H21N3O2S. The van der Waals surface area contributed by atoms with E-state index >= 15 is 0 Å². The van der Waals surface area contributed by atoms with Crippen LogP contribution in [0.4, 0.5) is 0 Å². The Bertz CT molecular complexity index is 646. The van der Waals surface area contributed by atoms with E-state index in [1.54, 1.807) is 6.92 Å². The van der Waals surface area contributed by atoms with Crippen molar-refractivity contribution in [1.29, 1.82) is 0 Å². The van der Waals surface area contributed by atoms with Crippen LogP contribution in [-0.2, 0) is 9.84 Å². The highest BCUT2D eigenvalue weighted by molar-refractivity contribution is 7.91. The van der Waals surface area contributed by atoms with Crippen LogP contribution in [0.25, 0.3) is 11.0 Å². The SMILES string of the molecule is CCS(=O)(=O)CC(C)NC(C)c1nc2ccccc2[nH]1. The van der Waals surface area contributed by atoms with Crippen molar-refractivity contribution in [2.24, 2.45) is 0 Å². The van der Waals surface area contributed by atoms with Gasteiger partial charge < -0.3 is 10.3 Å². The van der Waals surface area contributed by atoms with E-state index in [1.807, 2.05) is 38.1 Å². The Balaban J connectivity index is 2.06. The normalized spacial score (nSPS) is 15.3. The Hall–Kier alpha value is -1.40. The summed E-state index contributed by atoms with van der Waals surface area (Å²) in [5.41, 5.74) is 1.91. The number of hydrogen-bond donors (Lipinski definition) is 2. The van der Waals surface area contributed by atoms with Gasteiger partial charge in [0.05, 0.1) is 22.8 Å². The molecule has 6 heteroatoms. The fourth-order valence-corrected chi connectivity index (χ4v) is 3.32. The van der Waals surface area contributed by atoms with Gasteiger partial charge in [-0.25, -0.2) is 13.4 Å². The number of hydrogen-bond acceptors (Lipinski definition) is 4. The fraction of sp³-hybridized carbons (Fsp3) is 0.500. The maximum Gasteiger partial charge on any atom is 0.151 e. The number of sulfone groups is 1. The summed E-state index contributed by atoms with van der Waals surface area (Å²) in [6.07, 6.45) is 0. The molecule has 0 saturated carbocycles. The van der Waals surface area contributed by atoms with Crippen molar-refractivity contribution in [3.8, 4) is 0 Å². The highest BCUT2D eigenvalue weighted by atomic mass is 32.2. The number of imidazole rings is 1. The van der Waals surface area contributed by atoms with Crippen LogP contribution >= 0.6 is 0 Å². The van der Waals surface area contributed by atoms with E-state index in [2.05, 4.69) is 15.3 Å². The summed E-state index contributed by atoms with van der Waals surface area (Å²) in [5, 5.41) is 3.27. The molecule has 2 rings (SSSR count). The van der Waals surface area contributed by atoms with Crippen molar-refractivity contribution < 1.29 is 8.42 Å². The van der Waals surface area contributed by atoms with Gasteiger partial charge in [-0.15, -0.1) is 0 Å². The molecule has 0 aliphatic heterocycles. The number of aromatic nitrogens is 2. The van der Waals surface area contributed by atoms with Gasteiger partial charge in [-0.1, -0.05) is 19.1 Å². The first-order chi connectivity index (χ1) is 9.41. The van der Waals surface area contributed by atoms with Crippen molar-refractivity contribution in [2.75, 3.05) is 11.5 Å². The smallest absolute Gasteiger partial charge is 0.151 e. The molecule has 0 amide bonds. The zero-order chi connectivity index (χ0) is 14.8. The lowest BCUT2D eigenvalue weighted by Gasteiger charge is -2.18. The highest BCUT2D eigenvalue weighted by Gasteiger charge is 2.17. The van der Waals surface area contributed by atoms with E-state index < -0.39 is 9.84 Å². The van der Waals surface area contributed by atoms with E-state index in [0.717, 1.165) is 16.9 Å². The number of aromatic amines is 1. The van der Waals surface area contributed by atoms with Crippen LogP contribution in [0.3, 0.4) is 0 Å². The second kappa shape index (κ2) is 5.93. The molecule has 2 atom stereocenters. The lowest BCUT2D eigenvalue weighted by atomic mass is 10.2. The number of para-hydroxylation sites is 2. The van der Waals surface area contributed by atoms with E-state index in [0.29, 0.717) is 0 Å². The molecule has 0 aliphatic rings. The van der Waals surface area contributed by atoms with Crippen LogP contribution in [0.5, 0.6) is 0 Å². The minimum atomic E-state index is -2.96. The quantitative estimate of drug-likeness (QED) is 0.855. The number of H-pyrrole nitrogens is 1. The van der Waals surface area contributed by atoms with Crippen LogP contribution in [0.2, 0.25) is 0 Å². The summed E-state index contributed by atoms with van der Waals surface area (Å²) in [7, 11) is -2.96. The Kier molecular flexibility index (Phi) is 4.45. The average molecular weight is 295 g/mol. The van der Waals surface area contributed by atoms with Crippen LogP contribution in [-0.4, -0.2) is 35.9 Å². The molecule has 0 fully saturated rings. The molecule has 0 saturated heterocycles. The van der Waals surface area contributed by atoms with Gasteiger partial charge in [0, 0.05) is 11.8 Å². The van der Waals surface area contributed by atoms with E-state index in [1.165, 1.54) is 0 Å². The summed E-state index contributed by atoms with van der Waals surface area (Å²) in [5.74, 6) is 1.15. The average Bonchev–Trinajstić information content (AvgIpc) is 2.81. The molecule has 2 N–H and O–H groups in total. The first-order valence-corrected chi connectivity index (χ1v) is 8.64. The van der Waals surface area contributed by atoms with Gasteiger partial charge in [-0.3, -0.25) is 0 Å². The number of fused-ring (bicyclic) bond motifs is 1. The minimum Gasteiger partial charge on any atom is -0.341 e. The van der Waals surface area contributed by atoms with Gasteiger partial charge in [0.25, 0.3) is 0 Å². The summed E-state index contributed by atoms with van der Waals surface area (Å²) in [6.45, 7) is 5.53. The summed E-state index contributed by atoms with van der Waals surface area (Å²) in [4.78, 5) is 7.77. The Morgan fingerprint density at radius 2 is 2.00 bits per heavy atom. The Labute approximate surface area is 119 Å². The Morgan fingerprint density at radius 3 is 2.65 bits per heavy atom. The van der Waals surface area contributed by atoms with Gasteiger partial charge in [0.1, 0.15) is 5.82 Å². The van der Waals surface area contributed by atoms with Gasteiger partial charge >= 0.3 is 0 Å². The summed E-state index contributed by atoms with van der Waals surface area (Å²) < 4.78 is 23.2. The number of benzene rings is 1. The van der Waals surface area contributed by atoms with Crippen molar-refractivity contribution in [3.05, 3.63) is 30.1 Å². The van der Waals surface area contributed by atoms with Crippen LogP contribution in [0.15, 0.2) is 24.3 Å². The topological polar surface area (TPSA) is 74.8 Å². The van der Waals surface area contributed by atoms with Crippen molar-refractivity contribution in [3.63, 3.8) is 0 Å². The van der Waals surface area contributed by atoms with Crippen LogP contribution in [0, 0.1) is 0 Å². The lowest BCUT2D eigenvalue weighted by molar-refractivity contribution is 0.486. The molecule has 5 nitrogen and oxygen atoms in total. The predicted molar refractivity (Wildman–Crippen MR) is 81.4 cm³/mol. The molecule has 2 aromatic rings.